The molecule has 4 nitrogen and oxygen atoms in total. The Morgan fingerprint density at radius 2 is 2.20 bits per heavy atom. The summed E-state index contributed by atoms with van der Waals surface area (Å²) in [5.74, 6) is -0.174. The Hall–Kier alpha value is -1.94. The van der Waals surface area contributed by atoms with Crippen LogP contribution in [0.1, 0.15) is 30.1 Å². The number of aliphatic carboxylic acids is 1. The van der Waals surface area contributed by atoms with Gasteiger partial charge in [-0.15, -0.1) is 0 Å². The zero-order valence-electron chi connectivity index (χ0n) is 11.5. The van der Waals surface area contributed by atoms with Gasteiger partial charge in [0.15, 0.2) is 0 Å². The van der Waals surface area contributed by atoms with E-state index in [0.717, 1.165) is 28.7 Å². The van der Waals surface area contributed by atoms with Gasteiger partial charge >= 0.3 is 5.97 Å². The molecule has 0 bridgehead atoms. The lowest BCUT2D eigenvalue weighted by atomic mass is 10.0. The number of rotatable bonds is 5. The Balaban J connectivity index is 1.88. The number of aryl methyl sites for hydroxylation is 1. The van der Waals surface area contributed by atoms with Gasteiger partial charge in [-0.25, -0.2) is 0 Å². The number of nitrogens with zero attached hydrogens (tertiary/aromatic N) is 1. The van der Waals surface area contributed by atoms with Gasteiger partial charge in [-0.3, -0.25) is 9.78 Å². The molecule has 1 atom stereocenters. The molecule has 2 aromatic rings. The Morgan fingerprint density at radius 1 is 1.40 bits per heavy atom. The maximum absolute atomic E-state index is 11.4. The first-order valence-electron chi connectivity index (χ1n) is 6.97. The van der Waals surface area contributed by atoms with Crippen LogP contribution in [0.25, 0.3) is 10.9 Å². The van der Waals surface area contributed by atoms with Gasteiger partial charge in [-0.05, 0) is 56.0 Å². The van der Waals surface area contributed by atoms with Gasteiger partial charge in [0.05, 0.1) is 5.52 Å². The van der Waals surface area contributed by atoms with Crippen LogP contribution in [0.15, 0.2) is 30.3 Å². The summed E-state index contributed by atoms with van der Waals surface area (Å²) in [6, 6.07) is 8.96. The van der Waals surface area contributed by atoms with Crippen molar-refractivity contribution >= 4 is 16.9 Å². The number of hydrogen-bond acceptors (Lipinski definition) is 3. The summed E-state index contributed by atoms with van der Waals surface area (Å²) < 4.78 is 0. The van der Waals surface area contributed by atoms with E-state index in [1.807, 2.05) is 37.3 Å². The molecule has 0 radical (unpaired) electrons. The van der Waals surface area contributed by atoms with E-state index in [-0.39, 0.29) is 0 Å². The molecule has 1 aromatic heterocycles. The minimum absolute atomic E-state index is 0.638. The molecule has 1 aliphatic rings. The van der Waals surface area contributed by atoms with Gasteiger partial charge in [0.25, 0.3) is 0 Å². The third-order valence-corrected chi connectivity index (χ3v) is 3.74. The predicted octanol–water partition coefficient (Wildman–Crippen LogP) is 2.67. The third kappa shape index (κ3) is 2.80. The molecule has 0 aliphatic heterocycles. The molecule has 4 heteroatoms. The number of hydrogen-bond donors (Lipinski definition) is 2. The topological polar surface area (TPSA) is 62.2 Å². The molecule has 1 unspecified atom stereocenters. The van der Waals surface area contributed by atoms with Gasteiger partial charge in [0.2, 0.25) is 0 Å². The zero-order valence-corrected chi connectivity index (χ0v) is 11.5. The molecule has 1 saturated carbocycles. The minimum Gasteiger partial charge on any atom is -0.480 e. The lowest BCUT2D eigenvalue weighted by molar-refractivity contribution is -0.139. The molecule has 104 valence electrons. The van der Waals surface area contributed by atoms with E-state index in [4.69, 9.17) is 0 Å². The highest BCUT2D eigenvalue weighted by molar-refractivity contribution is 5.82. The third-order valence-electron chi connectivity index (χ3n) is 3.74. The van der Waals surface area contributed by atoms with Gasteiger partial charge in [-0.2, -0.15) is 0 Å². The number of carboxylic acid groups (broad SMARTS) is 1. The second-order valence-electron chi connectivity index (χ2n) is 5.53. The molecule has 20 heavy (non-hydrogen) atoms. The number of pyridine rings is 1. The Bertz CT molecular complexity index is 650. The highest BCUT2D eigenvalue weighted by atomic mass is 16.4. The number of benzene rings is 1. The van der Waals surface area contributed by atoms with E-state index in [0.29, 0.717) is 5.92 Å². The van der Waals surface area contributed by atoms with Crippen molar-refractivity contribution in [2.75, 3.05) is 6.54 Å². The summed E-state index contributed by atoms with van der Waals surface area (Å²) >= 11 is 0. The minimum atomic E-state index is -0.829. The molecule has 1 heterocycles. The van der Waals surface area contributed by atoms with Crippen LogP contribution in [0.3, 0.4) is 0 Å². The first-order chi connectivity index (χ1) is 9.63. The molecule has 1 fully saturated rings. The second-order valence-corrected chi connectivity index (χ2v) is 5.53. The van der Waals surface area contributed by atoms with Crippen molar-refractivity contribution < 1.29 is 9.90 Å². The van der Waals surface area contributed by atoms with E-state index >= 15 is 0 Å². The molecular weight excluding hydrogens is 252 g/mol. The van der Waals surface area contributed by atoms with Crippen LogP contribution in [-0.2, 0) is 4.79 Å². The van der Waals surface area contributed by atoms with E-state index in [2.05, 4.69) is 10.3 Å². The van der Waals surface area contributed by atoms with Crippen molar-refractivity contribution in [2.45, 2.75) is 25.8 Å². The maximum atomic E-state index is 11.4. The predicted molar refractivity (Wildman–Crippen MR) is 77.6 cm³/mol. The highest BCUT2D eigenvalue weighted by Crippen LogP contribution is 2.29. The SMILES string of the molecule is Cc1ccc2cc(C(NCC3CC3)C(=O)O)ccc2n1. The second kappa shape index (κ2) is 5.21. The monoisotopic (exact) mass is 270 g/mol. The molecule has 1 aliphatic carbocycles. The van der Waals surface area contributed by atoms with Gasteiger partial charge in [-0.1, -0.05) is 12.1 Å². The summed E-state index contributed by atoms with van der Waals surface area (Å²) in [6.45, 7) is 2.73. The number of aromatic nitrogens is 1. The lowest BCUT2D eigenvalue weighted by Crippen LogP contribution is -2.30. The quantitative estimate of drug-likeness (QED) is 0.877. The number of carbonyl (C=O) groups is 1. The first-order valence-corrected chi connectivity index (χ1v) is 6.97. The average Bonchev–Trinajstić information content (AvgIpc) is 3.23. The van der Waals surface area contributed by atoms with Gasteiger partial charge < -0.3 is 10.4 Å². The average molecular weight is 270 g/mol. The van der Waals surface area contributed by atoms with Crippen LogP contribution in [0.4, 0.5) is 0 Å². The first kappa shape index (κ1) is 13.1. The summed E-state index contributed by atoms with van der Waals surface area (Å²) in [7, 11) is 0. The fraction of sp³-hybridized carbons (Fsp3) is 0.375. The van der Waals surface area contributed by atoms with Crippen LogP contribution in [0.2, 0.25) is 0 Å². The Kier molecular flexibility index (Phi) is 3.40. The lowest BCUT2D eigenvalue weighted by Gasteiger charge is -2.15. The largest absolute Gasteiger partial charge is 0.480 e. The van der Waals surface area contributed by atoms with E-state index < -0.39 is 12.0 Å². The van der Waals surface area contributed by atoms with E-state index in [1.165, 1.54) is 12.8 Å². The fourth-order valence-electron chi connectivity index (χ4n) is 2.38. The zero-order chi connectivity index (χ0) is 14.1. The molecule has 0 saturated heterocycles. The fourth-order valence-corrected chi connectivity index (χ4v) is 2.38. The number of fused-ring (bicyclic) bond motifs is 1. The molecule has 1 aromatic carbocycles. The van der Waals surface area contributed by atoms with Crippen molar-refractivity contribution in [3.63, 3.8) is 0 Å². The summed E-state index contributed by atoms with van der Waals surface area (Å²) in [4.78, 5) is 15.9. The van der Waals surface area contributed by atoms with E-state index in [9.17, 15) is 9.90 Å². The summed E-state index contributed by atoms with van der Waals surface area (Å²) in [5.41, 5.74) is 2.66. The van der Waals surface area contributed by atoms with Crippen LogP contribution in [0.5, 0.6) is 0 Å². The standard InChI is InChI=1S/C16H18N2O2/c1-10-2-5-12-8-13(6-7-14(12)18-10)15(16(19)20)17-9-11-3-4-11/h2,5-8,11,15,17H,3-4,9H2,1H3,(H,19,20). The number of carboxylic acids is 1. The van der Waals surface area contributed by atoms with Crippen LogP contribution in [0, 0.1) is 12.8 Å². The Morgan fingerprint density at radius 3 is 2.90 bits per heavy atom. The van der Waals surface area contributed by atoms with Crippen molar-refractivity contribution in [1.82, 2.24) is 10.3 Å². The van der Waals surface area contributed by atoms with Crippen molar-refractivity contribution in [2.24, 2.45) is 5.92 Å². The molecule has 0 amide bonds. The van der Waals surface area contributed by atoms with Crippen molar-refractivity contribution in [1.29, 1.82) is 0 Å². The highest BCUT2D eigenvalue weighted by Gasteiger charge is 2.25. The van der Waals surface area contributed by atoms with Crippen molar-refractivity contribution in [3.8, 4) is 0 Å². The smallest absolute Gasteiger partial charge is 0.325 e. The number of nitrogens with one attached hydrogen (secondary N) is 1. The molecule has 0 spiro atoms. The molecular formula is C16H18N2O2. The van der Waals surface area contributed by atoms with Crippen molar-refractivity contribution in [3.05, 3.63) is 41.6 Å². The summed E-state index contributed by atoms with van der Waals surface area (Å²) in [5, 5.41) is 13.5. The Labute approximate surface area is 117 Å². The normalized spacial score (nSPS) is 16.2. The van der Waals surface area contributed by atoms with Gasteiger partial charge in [0, 0.05) is 11.1 Å². The molecule has 3 rings (SSSR count). The summed E-state index contributed by atoms with van der Waals surface area (Å²) in [6.07, 6.45) is 2.42. The van der Waals surface area contributed by atoms with Crippen LogP contribution in [-0.4, -0.2) is 22.6 Å². The van der Waals surface area contributed by atoms with Gasteiger partial charge in [0.1, 0.15) is 6.04 Å². The van der Waals surface area contributed by atoms with Crippen LogP contribution >= 0.6 is 0 Å². The molecule has 2 N–H and O–H groups in total. The van der Waals surface area contributed by atoms with E-state index in [1.54, 1.807) is 0 Å². The maximum Gasteiger partial charge on any atom is 0.325 e. The van der Waals surface area contributed by atoms with Crippen LogP contribution < -0.4 is 5.32 Å².